The van der Waals surface area contributed by atoms with Crippen molar-refractivity contribution in [3.05, 3.63) is 12.7 Å². The van der Waals surface area contributed by atoms with Gasteiger partial charge in [-0.25, -0.2) is 0 Å². The van der Waals surface area contributed by atoms with E-state index >= 15 is 0 Å². The monoisotopic (exact) mass is 362 g/mol. The van der Waals surface area contributed by atoms with Crippen molar-refractivity contribution in [2.45, 2.75) is 37.1 Å². The summed E-state index contributed by atoms with van der Waals surface area (Å²) >= 11 is 0. The second-order valence-electron chi connectivity index (χ2n) is 6.34. The summed E-state index contributed by atoms with van der Waals surface area (Å²) in [4.78, 5) is 11.8. The fourth-order valence-electron chi connectivity index (χ4n) is 3.28. The zero-order valence-corrected chi connectivity index (χ0v) is 13.8. The Kier molecular flexibility index (Phi) is 7.32. The number of carbonyl (C=O) groups excluding carboxylic acids is 1. The summed E-state index contributed by atoms with van der Waals surface area (Å²) in [6, 6.07) is 0. The third-order valence-corrected chi connectivity index (χ3v) is 4.87. The molecule has 0 aromatic heterocycles. The first-order valence-corrected chi connectivity index (χ1v) is 8.26. The Morgan fingerprint density at radius 2 is 1.92 bits per heavy atom. The molecule has 0 aromatic rings. The highest BCUT2D eigenvalue weighted by Gasteiger charge is 2.45. The molecule has 0 spiro atoms. The van der Waals surface area contributed by atoms with Gasteiger partial charge in [0.2, 0.25) is 0 Å². The van der Waals surface area contributed by atoms with Crippen LogP contribution in [0.5, 0.6) is 0 Å². The minimum atomic E-state index is -1.52. The molecule has 2 saturated heterocycles. The molecular weight excluding hydrogens is 336 g/mol. The molecule has 0 saturated carbocycles. The first-order valence-electron chi connectivity index (χ1n) is 8.26. The molecule has 5 N–H and O–H groups in total. The van der Waals surface area contributed by atoms with Gasteiger partial charge < -0.3 is 39.7 Å². The molecule has 0 bridgehead atoms. The predicted octanol–water partition coefficient (Wildman–Crippen LogP) is -2.22. The number of hydrogen-bond acceptors (Lipinski definition) is 9. The van der Waals surface area contributed by atoms with Crippen LogP contribution >= 0.6 is 0 Å². The molecule has 9 nitrogen and oxygen atoms in total. The van der Waals surface area contributed by atoms with E-state index in [-0.39, 0.29) is 31.7 Å². The molecule has 0 aromatic carbocycles. The molecule has 9 heteroatoms. The Hall–Kier alpha value is -1.07. The minimum absolute atomic E-state index is 0.0145. The van der Waals surface area contributed by atoms with Crippen molar-refractivity contribution in [1.29, 1.82) is 0 Å². The number of carbonyl (C=O) groups is 1. The number of esters is 1. The third kappa shape index (κ3) is 4.37. The Bertz CT molecular complexity index is 455. The van der Waals surface area contributed by atoms with E-state index in [2.05, 4.69) is 6.58 Å². The summed E-state index contributed by atoms with van der Waals surface area (Å²) in [5.74, 6) is -1.72. The van der Waals surface area contributed by atoms with Crippen LogP contribution in [0.2, 0.25) is 0 Å². The number of ether oxygens (including phenoxy) is 3. The first kappa shape index (κ1) is 20.2. The van der Waals surface area contributed by atoms with Crippen LogP contribution in [0, 0.1) is 17.8 Å². The Balaban J connectivity index is 1.99. The van der Waals surface area contributed by atoms with Gasteiger partial charge in [0.25, 0.3) is 0 Å². The molecule has 2 aliphatic heterocycles. The standard InChI is InChI=1S/C16H26O9/c1-2-8(9-3-4-23-15(22)10(9)5-17)7-24-16-14(21)13(20)12(19)11(6-18)25-16/h2,8-14,16-21H,1,3-7H2/t8-,9?,10?,11-,12-,13+,14-,16+/m1/s1. The van der Waals surface area contributed by atoms with Crippen LogP contribution in [0.3, 0.4) is 0 Å². The van der Waals surface area contributed by atoms with E-state index in [9.17, 15) is 30.3 Å². The topological polar surface area (TPSA) is 146 Å². The second-order valence-corrected chi connectivity index (χ2v) is 6.34. The van der Waals surface area contributed by atoms with E-state index in [1.807, 2.05) is 0 Å². The van der Waals surface area contributed by atoms with Gasteiger partial charge in [-0.1, -0.05) is 6.08 Å². The Morgan fingerprint density at radius 3 is 2.52 bits per heavy atom. The van der Waals surface area contributed by atoms with Crippen LogP contribution in [0.15, 0.2) is 12.7 Å². The lowest BCUT2D eigenvalue weighted by Crippen LogP contribution is -2.59. The molecule has 2 fully saturated rings. The summed E-state index contributed by atoms with van der Waals surface area (Å²) in [5, 5.41) is 48.1. The summed E-state index contributed by atoms with van der Waals surface area (Å²) < 4.78 is 15.7. The van der Waals surface area contributed by atoms with Gasteiger partial charge in [0.1, 0.15) is 24.4 Å². The van der Waals surface area contributed by atoms with Crippen molar-refractivity contribution in [2.75, 3.05) is 26.4 Å². The quantitative estimate of drug-likeness (QED) is 0.251. The van der Waals surface area contributed by atoms with Gasteiger partial charge in [0.05, 0.1) is 32.3 Å². The number of hydrogen-bond donors (Lipinski definition) is 5. The van der Waals surface area contributed by atoms with Gasteiger partial charge in [-0.05, 0) is 12.3 Å². The molecule has 8 atom stereocenters. The molecule has 25 heavy (non-hydrogen) atoms. The summed E-state index contributed by atoms with van der Waals surface area (Å²) in [5.41, 5.74) is 0. The largest absolute Gasteiger partial charge is 0.465 e. The lowest BCUT2D eigenvalue weighted by atomic mass is 9.78. The highest BCUT2D eigenvalue weighted by atomic mass is 16.7. The van der Waals surface area contributed by atoms with Gasteiger partial charge in [-0.2, -0.15) is 0 Å². The zero-order chi connectivity index (χ0) is 18.6. The predicted molar refractivity (Wildman–Crippen MR) is 83.0 cm³/mol. The fraction of sp³-hybridized carbons (Fsp3) is 0.812. The molecule has 144 valence electrons. The smallest absolute Gasteiger partial charge is 0.311 e. The van der Waals surface area contributed by atoms with Crippen LogP contribution in [0.25, 0.3) is 0 Å². The van der Waals surface area contributed by atoms with Gasteiger partial charge in [0, 0.05) is 5.92 Å². The third-order valence-electron chi connectivity index (χ3n) is 4.87. The second kappa shape index (κ2) is 9.04. The van der Waals surface area contributed by atoms with Crippen LogP contribution in [0.1, 0.15) is 6.42 Å². The van der Waals surface area contributed by atoms with Gasteiger partial charge in [0.15, 0.2) is 6.29 Å². The SMILES string of the molecule is C=C[C@H](CO[C@H]1O[C@H](CO)[C@@H](O)[C@H](O)[C@H]1O)C1CCOC(=O)C1CO. The van der Waals surface area contributed by atoms with Gasteiger partial charge in [-0.3, -0.25) is 4.79 Å². The van der Waals surface area contributed by atoms with E-state index in [1.54, 1.807) is 6.08 Å². The van der Waals surface area contributed by atoms with Crippen molar-refractivity contribution in [2.24, 2.45) is 17.8 Å². The maximum absolute atomic E-state index is 11.8. The van der Waals surface area contributed by atoms with E-state index < -0.39 is 49.2 Å². The molecule has 2 aliphatic rings. The van der Waals surface area contributed by atoms with E-state index in [0.29, 0.717) is 6.42 Å². The highest BCUT2D eigenvalue weighted by Crippen LogP contribution is 2.32. The lowest BCUT2D eigenvalue weighted by Gasteiger charge is -2.40. The molecule has 2 heterocycles. The van der Waals surface area contributed by atoms with Crippen LogP contribution in [-0.2, 0) is 19.0 Å². The molecule has 2 rings (SSSR count). The van der Waals surface area contributed by atoms with Crippen molar-refractivity contribution < 1.29 is 44.5 Å². The van der Waals surface area contributed by atoms with Crippen molar-refractivity contribution in [3.63, 3.8) is 0 Å². The van der Waals surface area contributed by atoms with Gasteiger partial charge >= 0.3 is 5.97 Å². The molecule has 0 aliphatic carbocycles. The van der Waals surface area contributed by atoms with Crippen LogP contribution in [0.4, 0.5) is 0 Å². The average Bonchev–Trinajstić information content (AvgIpc) is 2.62. The maximum Gasteiger partial charge on any atom is 0.311 e. The summed E-state index contributed by atoms with van der Waals surface area (Å²) in [7, 11) is 0. The molecule has 0 amide bonds. The first-order chi connectivity index (χ1) is 11.9. The number of cyclic esters (lactones) is 1. The number of rotatable bonds is 7. The molecular formula is C16H26O9. The van der Waals surface area contributed by atoms with Crippen LogP contribution in [-0.4, -0.2) is 88.6 Å². The highest BCUT2D eigenvalue weighted by molar-refractivity contribution is 5.73. The number of aliphatic hydroxyl groups excluding tert-OH is 5. The Morgan fingerprint density at radius 1 is 1.20 bits per heavy atom. The maximum atomic E-state index is 11.8. The summed E-state index contributed by atoms with van der Waals surface area (Å²) in [6.45, 7) is 3.08. The number of aliphatic hydroxyl groups is 5. The van der Waals surface area contributed by atoms with Crippen LogP contribution < -0.4 is 0 Å². The Labute approximate surface area is 145 Å². The van der Waals surface area contributed by atoms with Crippen molar-refractivity contribution in [1.82, 2.24) is 0 Å². The molecule has 0 radical (unpaired) electrons. The van der Waals surface area contributed by atoms with E-state index in [1.165, 1.54) is 0 Å². The lowest BCUT2D eigenvalue weighted by molar-refractivity contribution is -0.303. The van der Waals surface area contributed by atoms with Crippen molar-refractivity contribution in [3.8, 4) is 0 Å². The van der Waals surface area contributed by atoms with Gasteiger partial charge in [-0.15, -0.1) is 6.58 Å². The average molecular weight is 362 g/mol. The fourth-order valence-corrected chi connectivity index (χ4v) is 3.28. The molecule has 2 unspecified atom stereocenters. The minimum Gasteiger partial charge on any atom is -0.465 e. The van der Waals surface area contributed by atoms with E-state index in [0.717, 1.165) is 0 Å². The normalized spacial score (nSPS) is 40.4. The van der Waals surface area contributed by atoms with Crippen molar-refractivity contribution >= 4 is 5.97 Å². The summed E-state index contributed by atoms with van der Waals surface area (Å²) in [6.07, 6.45) is -4.65. The zero-order valence-electron chi connectivity index (χ0n) is 13.8. The van der Waals surface area contributed by atoms with E-state index in [4.69, 9.17) is 14.2 Å².